The monoisotopic (exact) mass is 401 g/mol. The molecule has 28 heavy (non-hydrogen) atoms. The van der Waals surface area contributed by atoms with Crippen LogP contribution in [0, 0.1) is 0 Å². The predicted molar refractivity (Wildman–Crippen MR) is 111 cm³/mol. The number of β-lactam (4-membered cyclic amide) rings is 1. The third-order valence-electron chi connectivity index (χ3n) is 5.26. The number of carboxylic acid groups (broad SMARTS) is 1. The van der Waals surface area contributed by atoms with Gasteiger partial charge in [-0.25, -0.2) is 4.79 Å². The maximum atomic E-state index is 12.1. The summed E-state index contributed by atoms with van der Waals surface area (Å²) in [6.45, 7) is 2.11. The summed E-state index contributed by atoms with van der Waals surface area (Å²) in [7, 11) is 0. The van der Waals surface area contributed by atoms with E-state index >= 15 is 0 Å². The molecule has 0 aliphatic carbocycles. The molecule has 2 N–H and O–H groups in total. The summed E-state index contributed by atoms with van der Waals surface area (Å²) < 4.78 is 0. The molecule has 5 nitrogen and oxygen atoms in total. The smallest absolute Gasteiger partial charge is 0.345 e. The Balaban J connectivity index is 1.53. The number of anilines is 1. The summed E-state index contributed by atoms with van der Waals surface area (Å²) in [5, 5.41) is 19.2. The van der Waals surface area contributed by atoms with Crippen molar-refractivity contribution in [1.29, 1.82) is 0 Å². The molecule has 150 valence electrons. The molecule has 0 radical (unpaired) electrons. The van der Waals surface area contributed by atoms with E-state index in [2.05, 4.69) is 6.92 Å². The van der Waals surface area contributed by atoms with Crippen molar-refractivity contribution >= 4 is 28.9 Å². The van der Waals surface area contributed by atoms with Gasteiger partial charge in [0.15, 0.2) is 0 Å². The van der Waals surface area contributed by atoms with Crippen molar-refractivity contribution in [3.8, 4) is 0 Å². The molecule has 0 saturated carbocycles. The molecular weight excluding hydrogens is 374 g/mol. The van der Waals surface area contributed by atoms with Crippen molar-refractivity contribution in [2.45, 2.75) is 64.0 Å². The van der Waals surface area contributed by atoms with Gasteiger partial charge in [0.05, 0.1) is 6.10 Å². The summed E-state index contributed by atoms with van der Waals surface area (Å²) in [5.74, 6) is -0.746. The molecule has 2 atom stereocenters. The number of nitrogens with zero attached hydrogens (tertiary/aromatic N) is 1. The van der Waals surface area contributed by atoms with Gasteiger partial charge in [0.1, 0.15) is 4.88 Å². The third-order valence-corrected chi connectivity index (χ3v) is 6.40. The zero-order valence-electron chi connectivity index (χ0n) is 16.1. The summed E-state index contributed by atoms with van der Waals surface area (Å²) in [5.41, 5.74) is 1.78. The van der Waals surface area contributed by atoms with E-state index in [1.807, 2.05) is 35.2 Å². The van der Waals surface area contributed by atoms with Crippen LogP contribution in [0.5, 0.6) is 0 Å². The molecule has 6 heteroatoms. The molecule has 2 heterocycles. The number of rotatable bonds is 10. The molecule has 0 bridgehead atoms. The van der Waals surface area contributed by atoms with Crippen LogP contribution in [0.4, 0.5) is 5.69 Å². The van der Waals surface area contributed by atoms with Crippen LogP contribution in [0.1, 0.15) is 71.7 Å². The highest BCUT2D eigenvalue weighted by molar-refractivity contribution is 7.13. The lowest BCUT2D eigenvalue weighted by Crippen LogP contribution is -2.52. The third kappa shape index (κ3) is 4.80. The van der Waals surface area contributed by atoms with Gasteiger partial charge in [-0.15, -0.1) is 11.3 Å². The number of hydrogen-bond donors (Lipinski definition) is 2. The normalized spacial score (nSPS) is 17.4. The molecular formula is C22H27NO4S. The minimum absolute atomic E-state index is 0.133. The summed E-state index contributed by atoms with van der Waals surface area (Å²) >= 11 is 1.32. The molecule has 3 rings (SSSR count). The second kappa shape index (κ2) is 9.34. The van der Waals surface area contributed by atoms with Gasteiger partial charge in [-0.1, -0.05) is 31.9 Å². The van der Waals surface area contributed by atoms with Gasteiger partial charge < -0.3 is 15.1 Å². The molecule has 1 unspecified atom stereocenters. The van der Waals surface area contributed by atoms with Gasteiger partial charge in [-0.3, -0.25) is 4.79 Å². The molecule has 2 aromatic rings. The van der Waals surface area contributed by atoms with E-state index < -0.39 is 12.1 Å². The Morgan fingerprint density at radius 2 is 1.96 bits per heavy atom. The summed E-state index contributed by atoms with van der Waals surface area (Å²) in [4.78, 5) is 26.4. The van der Waals surface area contributed by atoms with Crippen molar-refractivity contribution in [3.05, 3.63) is 51.7 Å². The van der Waals surface area contributed by atoms with Crippen molar-refractivity contribution < 1.29 is 19.8 Å². The fourth-order valence-electron chi connectivity index (χ4n) is 3.63. The van der Waals surface area contributed by atoms with Crippen molar-refractivity contribution in [1.82, 2.24) is 0 Å². The predicted octanol–water partition coefficient (Wildman–Crippen LogP) is 4.80. The Bertz CT molecular complexity index is 814. The van der Waals surface area contributed by atoms with Crippen LogP contribution in [0.2, 0.25) is 0 Å². The zero-order chi connectivity index (χ0) is 20.1. The van der Waals surface area contributed by atoms with Gasteiger partial charge in [-0.2, -0.15) is 0 Å². The first-order chi connectivity index (χ1) is 13.5. The summed E-state index contributed by atoms with van der Waals surface area (Å²) in [6.07, 6.45) is 5.57. The number of carbonyl (C=O) groups excluding carboxylic acids is 1. The van der Waals surface area contributed by atoms with Crippen molar-refractivity contribution in [2.24, 2.45) is 0 Å². The van der Waals surface area contributed by atoms with Crippen molar-refractivity contribution in [3.63, 3.8) is 0 Å². The first-order valence-electron chi connectivity index (χ1n) is 9.91. The standard InChI is InChI=1S/C22H27NO4S/c1-2-3-7-19(24)15-8-10-16(11-9-15)23-17(14-21(23)25)5-4-6-18-12-13-20(28-18)22(26)27/h8-13,17,19,24H,2-7,14H2,1H3,(H,26,27)/t17-,19?/m0/s1. The van der Waals surface area contributed by atoms with Crippen LogP contribution in [0.25, 0.3) is 0 Å². The van der Waals surface area contributed by atoms with Gasteiger partial charge in [0.25, 0.3) is 0 Å². The minimum Gasteiger partial charge on any atom is -0.477 e. The van der Waals surface area contributed by atoms with E-state index in [4.69, 9.17) is 5.11 Å². The molecule has 1 amide bonds. The number of carbonyl (C=O) groups is 2. The fourth-order valence-corrected chi connectivity index (χ4v) is 4.52. The molecule has 1 aromatic carbocycles. The van der Waals surface area contributed by atoms with Gasteiger partial charge in [0.2, 0.25) is 5.91 Å². The highest BCUT2D eigenvalue weighted by Gasteiger charge is 2.36. The average Bonchev–Trinajstić information content (AvgIpc) is 3.15. The van der Waals surface area contributed by atoms with Crippen LogP contribution in [-0.4, -0.2) is 28.1 Å². The number of amides is 1. The number of aliphatic hydroxyl groups is 1. The Hall–Kier alpha value is -2.18. The van der Waals surface area contributed by atoms with E-state index in [1.54, 1.807) is 6.07 Å². The number of aromatic carboxylic acids is 1. The zero-order valence-corrected chi connectivity index (χ0v) is 17.0. The maximum absolute atomic E-state index is 12.1. The van der Waals surface area contributed by atoms with Crippen molar-refractivity contribution in [2.75, 3.05) is 4.90 Å². The highest BCUT2D eigenvalue weighted by atomic mass is 32.1. The number of unbranched alkanes of at least 4 members (excludes halogenated alkanes) is 1. The highest BCUT2D eigenvalue weighted by Crippen LogP contribution is 2.32. The molecule has 1 aliphatic rings. The van der Waals surface area contributed by atoms with Gasteiger partial charge in [0, 0.05) is 23.0 Å². The topological polar surface area (TPSA) is 77.8 Å². The van der Waals surface area contributed by atoms with E-state index in [0.29, 0.717) is 11.3 Å². The number of benzene rings is 1. The molecule has 1 fully saturated rings. The quantitative estimate of drug-likeness (QED) is 0.561. The number of hydrogen-bond acceptors (Lipinski definition) is 4. The lowest BCUT2D eigenvalue weighted by Gasteiger charge is -2.40. The second-order valence-electron chi connectivity index (χ2n) is 7.33. The Morgan fingerprint density at radius 1 is 1.21 bits per heavy atom. The number of carboxylic acids is 1. The first-order valence-corrected chi connectivity index (χ1v) is 10.7. The fraction of sp³-hybridized carbons (Fsp3) is 0.455. The Kier molecular flexibility index (Phi) is 6.86. The van der Waals surface area contributed by atoms with E-state index in [1.165, 1.54) is 11.3 Å². The van der Waals surface area contributed by atoms with E-state index in [0.717, 1.165) is 54.7 Å². The SMILES string of the molecule is CCCCC(O)c1ccc(N2C(=O)C[C@@H]2CCCc2ccc(C(=O)O)s2)cc1. The largest absolute Gasteiger partial charge is 0.477 e. The van der Waals surface area contributed by atoms with Gasteiger partial charge in [-0.05, 0) is 55.5 Å². The van der Waals surface area contributed by atoms with E-state index in [-0.39, 0.29) is 11.9 Å². The number of aryl methyl sites for hydroxylation is 1. The lowest BCUT2D eigenvalue weighted by molar-refractivity contribution is -0.124. The number of aliphatic hydroxyl groups excluding tert-OH is 1. The minimum atomic E-state index is -0.879. The first kappa shape index (κ1) is 20.6. The Morgan fingerprint density at radius 3 is 2.57 bits per heavy atom. The number of thiophene rings is 1. The second-order valence-corrected chi connectivity index (χ2v) is 8.50. The van der Waals surface area contributed by atoms with Gasteiger partial charge >= 0.3 is 5.97 Å². The molecule has 0 spiro atoms. The van der Waals surface area contributed by atoms with Crippen LogP contribution in [0.3, 0.4) is 0 Å². The van der Waals surface area contributed by atoms with Crippen LogP contribution >= 0.6 is 11.3 Å². The average molecular weight is 402 g/mol. The summed E-state index contributed by atoms with van der Waals surface area (Å²) in [6, 6.07) is 11.4. The molecule has 1 aromatic heterocycles. The maximum Gasteiger partial charge on any atom is 0.345 e. The van der Waals surface area contributed by atoms with E-state index in [9.17, 15) is 14.7 Å². The van der Waals surface area contributed by atoms with Crippen LogP contribution in [-0.2, 0) is 11.2 Å². The molecule has 1 saturated heterocycles. The van der Waals surface area contributed by atoms with Crippen LogP contribution < -0.4 is 4.90 Å². The molecule has 1 aliphatic heterocycles. The lowest BCUT2D eigenvalue weighted by atomic mass is 9.94. The Labute approximate surface area is 169 Å². The van der Waals surface area contributed by atoms with Crippen LogP contribution in [0.15, 0.2) is 36.4 Å².